The van der Waals surface area contributed by atoms with Gasteiger partial charge in [-0.2, -0.15) is 5.26 Å². The number of fused-ring (bicyclic) bond motifs is 1. The Balaban J connectivity index is 1.69. The molecule has 0 fully saturated rings. The molecule has 3 aromatic rings. The Bertz CT molecular complexity index is 1260. The topological polar surface area (TPSA) is 83.2 Å². The molecule has 0 saturated heterocycles. The van der Waals surface area contributed by atoms with Crippen molar-refractivity contribution >= 4 is 18.2 Å². The quantitative estimate of drug-likeness (QED) is 0.579. The number of hydrogen-bond acceptors (Lipinski definition) is 6. The standard InChI is InChI=1S/C24H22FN5O2/c1-15-12-18(5-4-17(15)14-31)28-24-23-27-13-20(30(23)10-9-29(24)3)19-6-7-21(32-11-8-26)22(25)16(19)2/h4-7,9-10,12-14,24,28H,11H2,1-3H3. The Morgan fingerprint density at radius 3 is 2.81 bits per heavy atom. The van der Waals surface area contributed by atoms with E-state index in [1.807, 2.05) is 54.0 Å². The Morgan fingerprint density at radius 2 is 2.09 bits per heavy atom. The highest BCUT2D eigenvalue weighted by Crippen LogP contribution is 2.35. The molecule has 1 aliphatic heterocycles. The largest absolute Gasteiger partial charge is 0.476 e. The molecule has 32 heavy (non-hydrogen) atoms. The zero-order chi connectivity index (χ0) is 22.8. The van der Waals surface area contributed by atoms with Crippen LogP contribution < -0.4 is 10.1 Å². The second-order valence-corrected chi connectivity index (χ2v) is 7.57. The molecule has 7 nitrogen and oxygen atoms in total. The first-order valence-electron chi connectivity index (χ1n) is 10.0. The summed E-state index contributed by atoms with van der Waals surface area (Å²) in [6, 6.07) is 10.7. The second kappa shape index (κ2) is 8.55. The third-order valence-corrected chi connectivity index (χ3v) is 5.55. The number of nitriles is 1. The van der Waals surface area contributed by atoms with Crippen LogP contribution in [-0.2, 0) is 0 Å². The van der Waals surface area contributed by atoms with E-state index in [9.17, 15) is 9.18 Å². The van der Waals surface area contributed by atoms with E-state index in [2.05, 4.69) is 10.3 Å². The third kappa shape index (κ3) is 3.69. The maximum Gasteiger partial charge on any atom is 0.174 e. The average Bonchev–Trinajstić information content (AvgIpc) is 3.21. The van der Waals surface area contributed by atoms with Gasteiger partial charge in [-0.3, -0.25) is 9.36 Å². The molecule has 0 radical (unpaired) electrons. The normalized spacial score (nSPS) is 14.6. The maximum absolute atomic E-state index is 14.8. The SMILES string of the molecule is Cc1cc(NC2c3ncc(-c4ccc(OCC#N)c(F)c4C)n3C=CN2C)ccc1C=O. The molecule has 162 valence electrons. The first kappa shape index (κ1) is 21.1. The van der Waals surface area contributed by atoms with Gasteiger partial charge in [-0.15, -0.1) is 0 Å². The van der Waals surface area contributed by atoms with E-state index in [0.29, 0.717) is 16.7 Å². The molecular weight excluding hydrogens is 409 g/mol. The van der Waals surface area contributed by atoms with Gasteiger partial charge in [0.15, 0.2) is 30.2 Å². The first-order chi connectivity index (χ1) is 15.4. The molecule has 1 atom stereocenters. The first-order valence-corrected chi connectivity index (χ1v) is 10.0. The maximum atomic E-state index is 14.8. The number of imidazole rings is 1. The van der Waals surface area contributed by atoms with Crippen LogP contribution in [0.1, 0.15) is 33.5 Å². The van der Waals surface area contributed by atoms with Gasteiger partial charge in [0.05, 0.1) is 11.9 Å². The molecule has 0 saturated carbocycles. The Labute approximate surface area is 185 Å². The number of nitrogens with zero attached hydrogens (tertiary/aromatic N) is 4. The fourth-order valence-electron chi connectivity index (χ4n) is 3.75. The number of aromatic nitrogens is 2. The number of rotatable bonds is 6. The molecule has 0 aliphatic carbocycles. The zero-order valence-electron chi connectivity index (χ0n) is 18.0. The molecule has 2 aromatic carbocycles. The fourth-order valence-corrected chi connectivity index (χ4v) is 3.75. The lowest BCUT2D eigenvalue weighted by Gasteiger charge is -2.31. The molecule has 8 heteroatoms. The zero-order valence-corrected chi connectivity index (χ0v) is 18.0. The average molecular weight is 431 g/mol. The molecule has 1 aromatic heterocycles. The van der Waals surface area contributed by atoms with Gasteiger partial charge in [-0.1, -0.05) is 0 Å². The molecule has 2 heterocycles. The lowest BCUT2D eigenvalue weighted by atomic mass is 10.0. The molecule has 1 unspecified atom stereocenters. The second-order valence-electron chi connectivity index (χ2n) is 7.57. The van der Waals surface area contributed by atoms with Crippen molar-refractivity contribution < 1.29 is 13.9 Å². The smallest absolute Gasteiger partial charge is 0.174 e. The number of ether oxygens (including phenoxy) is 1. The monoisotopic (exact) mass is 431 g/mol. The number of halogens is 1. The van der Waals surface area contributed by atoms with Crippen LogP contribution in [-0.4, -0.2) is 34.4 Å². The van der Waals surface area contributed by atoms with Crippen LogP contribution in [0.15, 0.2) is 42.7 Å². The Kier molecular flexibility index (Phi) is 5.65. The van der Waals surface area contributed by atoms with Gasteiger partial charge in [-0.05, 0) is 55.3 Å². The van der Waals surface area contributed by atoms with Gasteiger partial charge in [-0.25, -0.2) is 9.37 Å². The molecule has 1 aliphatic rings. The van der Waals surface area contributed by atoms with E-state index in [4.69, 9.17) is 10.00 Å². The third-order valence-electron chi connectivity index (χ3n) is 5.55. The number of hydrogen-bond donors (Lipinski definition) is 1. The van der Waals surface area contributed by atoms with Crippen LogP contribution in [0, 0.1) is 31.0 Å². The van der Waals surface area contributed by atoms with Gasteiger partial charge < -0.3 is 15.0 Å². The summed E-state index contributed by atoms with van der Waals surface area (Å²) in [5.74, 6) is 0.299. The van der Waals surface area contributed by atoms with Gasteiger partial charge >= 0.3 is 0 Å². The van der Waals surface area contributed by atoms with Crippen molar-refractivity contribution in [2.24, 2.45) is 0 Å². The lowest BCUT2D eigenvalue weighted by molar-refractivity contribution is 0.112. The van der Waals surface area contributed by atoms with E-state index in [-0.39, 0.29) is 18.5 Å². The van der Waals surface area contributed by atoms with Crippen molar-refractivity contribution in [2.45, 2.75) is 20.0 Å². The summed E-state index contributed by atoms with van der Waals surface area (Å²) in [6.45, 7) is 3.35. The summed E-state index contributed by atoms with van der Waals surface area (Å²) in [4.78, 5) is 17.7. The summed E-state index contributed by atoms with van der Waals surface area (Å²) < 4.78 is 21.9. The van der Waals surface area contributed by atoms with Crippen LogP contribution in [0.5, 0.6) is 5.75 Å². The molecule has 0 spiro atoms. The number of anilines is 1. The molecular formula is C24H22FN5O2. The number of carbonyl (C=O) groups is 1. The summed E-state index contributed by atoms with van der Waals surface area (Å²) in [6.07, 6.45) is 6.09. The molecule has 0 bridgehead atoms. The Morgan fingerprint density at radius 1 is 1.28 bits per heavy atom. The van der Waals surface area contributed by atoms with E-state index in [0.717, 1.165) is 29.1 Å². The predicted octanol–water partition coefficient (Wildman–Crippen LogP) is 4.51. The molecule has 1 N–H and O–H groups in total. The molecule has 0 amide bonds. The summed E-state index contributed by atoms with van der Waals surface area (Å²) in [5, 5.41) is 12.1. The van der Waals surface area contributed by atoms with Crippen LogP contribution in [0.4, 0.5) is 10.1 Å². The summed E-state index contributed by atoms with van der Waals surface area (Å²) >= 11 is 0. The predicted molar refractivity (Wildman–Crippen MR) is 119 cm³/mol. The van der Waals surface area contributed by atoms with Crippen LogP contribution in [0.2, 0.25) is 0 Å². The minimum absolute atomic E-state index is 0.0511. The number of nitrogens with one attached hydrogen (secondary N) is 1. The van der Waals surface area contributed by atoms with E-state index < -0.39 is 5.82 Å². The van der Waals surface area contributed by atoms with Gasteiger partial charge in [0.1, 0.15) is 12.4 Å². The van der Waals surface area contributed by atoms with Crippen molar-refractivity contribution in [2.75, 3.05) is 19.0 Å². The van der Waals surface area contributed by atoms with Gasteiger partial charge in [0.25, 0.3) is 0 Å². The molecule has 4 rings (SSSR count). The highest BCUT2D eigenvalue weighted by Gasteiger charge is 2.26. The van der Waals surface area contributed by atoms with E-state index in [1.165, 1.54) is 6.07 Å². The van der Waals surface area contributed by atoms with Crippen molar-refractivity contribution in [1.29, 1.82) is 5.26 Å². The van der Waals surface area contributed by atoms with Crippen molar-refractivity contribution in [1.82, 2.24) is 14.5 Å². The van der Waals surface area contributed by atoms with Crippen molar-refractivity contribution in [3.8, 4) is 23.1 Å². The highest BCUT2D eigenvalue weighted by atomic mass is 19.1. The minimum Gasteiger partial charge on any atom is -0.476 e. The van der Waals surface area contributed by atoms with Crippen LogP contribution in [0.25, 0.3) is 17.5 Å². The van der Waals surface area contributed by atoms with E-state index in [1.54, 1.807) is 25.3 Å². The number of carbonyl (C=O) groups excluding carboxylic acids is 1. The number of aldehydes is 1. The van der Waals surface area contributed by atoms with Crippen molar-refractivity contribution in [3.05, 3.63) is 71.1 Å². The highest BCUT2D eigenvalue weighted by molar-refractivity contribution is 5.78. The van der Waals surface area contributed by atoms with Crippen LogP contribution in [0.3, 0.4) is 0 Å². The minimum atomic E-state index is -0.495. The summed E-state index contributed by atoms with van der Waals surface area (Å²) in [5.41, 5.74) is 4.23. The van der Waals surface area contributed by atoms with Crippen molar-refractivity contribution in [3.63, 3.8) is 0 Å². The van der Waals surface area contributed by atoms with Gasteiger partial charge in [0.2, 0.25) is 0 Å². The van der Waals surface area contributed by atoms with E-state index >= 15 is 0 Å². The number of benzene rings is 2. The summed E-state index contributed by atoms with van der Waals surface area (Å²) in [7, 11) is 1.94. The van der Waals surface area contributed by atoms with Gasteiger partial charge in [0, 0.05) is 36.3 Å². The Hall–Kier alpha value is -4.12. The fraction of sp³-hybridized carbons (Fsp3) is 0.208. The number of aryl methyl sites for hydroxylation is 1. The van der Waals surface area contributed by atoms with Crippen LogP contribution >= 0.6 is 0 Å². The lowest BCUT2D eigenvalue weighted by Crippen LogP contribution is -2.31.